The van der Waals surface area contributed by atoms with Crippen LogP contribution >= 0.6 is 11.6 Å². The minimum absolute atomic E-state index is 0.00112. The number of unbranched alkanes of at least 4 members (excludes halogenated alkanes) is 1. The summed E-state index contributed by atoms with van der Waals surface area (Å²) in [5.74, 6) is -0.873. The van der Waals surface area contributed by atoms with Crippen LogP contribution in [0.2, 0.25) is 5.02 Å². The van der Waals surface area contributed by atoms with E-state index < -0.39 is 34.1 Å². The van der Waals surface area contributed by atoms with Crippen molar-refractivity contribution in [2.45, 2.75) is 56.0 Å². The van der Waals surface area contributed by atoms with Crippen LogP contribution in [0.4, 0.5) is 10.5 Å². The Kier molecular flexibility index (Phi) is 13.7. The number of methoxy groups -OCH3 is 1. The van der Waals surface area contributed by atoms with E-state index >= 15 is 0 Å². The summed E-state index contributed by atoms with van der Waals surface area (Å²) >= 11 is 6.11. The molecule has 244 valence electrons. The van der Waals surface area contributed by atoms with Crippen molar-refractivity contribution < 1.29 is 27.9 Å². The van der Waals surface area contributed by atoms with Crippen LogP contribution in [0.1, 0.15) is 50.2 Å². The number of rotatable bonds is 16. The number of sulfonamides is 1. The molecule has 0 aliphatic rings. The molecule has 0 fully saturated rings. The first-order chi connectivity index (χ1) is 21.5. The predicted molar refractivity (Wildman–Crippen MR) is 176 cm³/mol. The molecule has 1 unspecified atom stereocenters. The van der Waals surface area contributed by atoms with E-state index in [0.29, 0.717) is 19.3 Å². The lowest BCUT2D eigenvalue weighted by molar-refractivity contribution is -0.123. The molecule has 0 saturated heterocycles. The highest BCUT2D eigenvalue weighted by Gasteiger charge is 2.34. The molecule has 0 radical (unpaired) electrons. The fraction of sp³-hybridized carbons (Fsp3) is 0.394. The van der Waals surface area contributed by atoms with Gasteiger partial charge in [-0.15, -0.1) is 0 Å². The summed E-state index contributed by atoms with van der Waals surface area (Å²) < 4.78 is 33.4. The van der Waals surface area contributed by atoms with E-state index in [0.717, 1.165) is 11.1 Å². The average Bonchev–Trinajstić information content (AvgIpc) is 3.03. The molecule has 0 aliphatic heterocycles. The van der Waals surface area contributed by atoms with Crippen LogP contribution in [-0.2, 0) is 19.6 Å². The van der Waals surface area contributed by atoms with E-state index in [1.54, 1.807) is 0 Å². The molecule has 2 amide bonds. The highest BCUT2D eigenvalue weighted by molar-refractivity contribution is 7.89. The molecule has 0 bridgehead atoms. The van der Waals surface area contributed by atoms with E-state index in [4.69, 9.17) is 22.1 Å². The van der Waals surface area contributed by atoms with Crippen molar-refractivity contribution in [3.05, 3.63) is 95.0 Å². The number of nitrogens with two attached hydrogens (primary N) is 1. The van der Waals surface area contributed by atoms with Gasteiger partial charge in [0.1, 0.15) is 6.04 Å². The van der Waals surface area contributed by atoms with Crippen LogP contribution < -0.4 is 16.4 Å². The fourth-order valence-corrected chi connectivity index (χ4v) is 7.23. The Morgan fingerprint density at radius 2 is 1.58 bits per heavy atom. The van der Waals surface area contributed by atoms with E-state index in [-0.39, 0.29) is 47.1 Å². The zero-order chi connectivity index (χ0) is 33.0. The van der Waals surface area contributed by atoms with Gasteiger partial charge in [-0.1, -0.05) is 92.5 Å². The van der Waals surface area contributed by atoms with Crippen molar-refractivity contribution in [1.29, 1.82) is 0 Å². The molecular formula is C33H43ClN4O6S. The Morgan fingerprint density at radius 3 is 2.09 bits per heavy atom. The summed E-state index contributed by atoms with van der Waals surface area (Å²) in [6, 6.07) is 21.4. The summed E-state index contributed by atoms with van der Waals surface area (Å²) in [6.45, 7) is 3.91. The number of aliphatic hydroxyl groups excluding tert-OH is 1. The zero-order valence-corrected chi connectivity index (χ0v) is 27.4. The van der Waals surface area contributed by atoms with Crippen LogP contribution in [0.3, 0.4) is 0 Å². The Bertz CT molecular complexity index is 1450. The number of anilines is 1. The zero-order valence-electron chi connectivity index (χ0n) is 25.9. The number of hydrogen-bond acceptors (Lipinski definition) is 7. The number of halogens is 1. The number of carbonyl (C=O) groups excluding carboxylic acids is 2. The number of carbonyl (C=O) groups is 2. The SMILES string of the molecule is COC(=O)N[C@H](C(=O)NCCCCC(CO)N(CC(C)C)S(=O)(=O)c1ccc(N)c(Cl)c1)C(c1ccccc1)c1ccccc1. The minimum Gasteiger partial charge on any atom is -0.453 e. The van der Waals surface area contributed by atoms with Gasteiger partial charge in [0, 0.05) is 25.0 Å². The van der Waals surface area contributed by atoms with Gasteiger partial charge < -0.3 is 26.2 Å². The number of amides is 2. The second kappa shape index (κ2) is 17.2. The Morgan fingerprint density at radius 1 is 0.978 bits per heavy atom. The molecule has 45 heavy (non-hydrogen) atoms. The summed E-state index contributed by atoms with van der Waals surface area (Å²) in [7, 11) is -2.74. The van der Waals surface area contributed by atoms with Gasteiger partial charge in [-0.25, -0.2) is 13.2 Å². The monoisotopic (exact) mass is 658 g/mol. The average molecular weight is 659 g/mol. The second-order valence-electron chi connectivity index (χ2n) is 11.2. The predicted octanol–water partition coefficient (Wildman–Crippen LogP) is 4.77. The molecule has 3 aromatic rings. The molecule has 5 N–H and O–H groups in total. The third-order valence-corrected chi connectivity index (χ3v) is 9.64. The largest absolute Gasteiger partial charge is 0.453 e. The van der Waals surface area contributed by atoms with Gasteiger partial charge in [0.2, 0.25) is 15.9 Å². The molecule has 12 heteroatoms. The second-order valence-corrected chi connectivity index (χ2v) is 13.5. The van der Waals surface area contributed by atoms with Gasteiger partial charge in [-0.05, 0) is 48.1 Å². The molecule has 0 heterocycles. The lowest BCUT2D eigenvalue weighted by Crippen LogP contribution is -2.50. The van der Waals surface area contributed by atoms with Crippen LogP contribution in [0.25, 0.3) is 0 Å². The van der Waals surface area contributed by atoms with E-state index in [1.807, 2.05) is 74.5 Å². The molecule has 10 nitrogen and oxygen atoms in total. The molecule has 3 aromatic carbocycles. The number of aliphatic hydroxyl groups is 1. The van der Waals surface area contributed by atoms with Gasteiger partial charge in [-0.3, -0.25) is 4.79 Å². The summed E-state index contributed by atoms with van der Waals surface area (Å²) in [6.07, 6.45) is 0.666. The number of ether oxygens (including phenoxy) is 1. The Balaban J connectivity index is 1.71. The molecule has 0 saturated carbocycles. The summed E-state index contributed by atoms with van der Waals surface area (Å²) in [4.78, 5) is 25.9. The smallest absolute Gasteiger partial charge is 0.407 e. The minimum atomic E-state index is -3.98. The topological polar surface area (TPSA) is 151 Å². The number of benzene rings is 3. The van der Waals surface area contributed by atoms with E-state index in [9.17, 15) is 23.1 Å². The van der Waals surface area contributed by atoms with Crippen molar-refractivity contribution in [3.8, 4) is 0 Å². The van der Waals surface area contributed by atoms with Crippen LogP contribution in [0, 0.1) is 5.92 Å². The van der Waals surface area contributed by atoms with Gasteiger partial charge in [0.05, 0.1) is 29.3 Å². The molecule has 0 spiro atoms. The Labute approximate surface area is 271 Å². The highest BCUT2D eigenvalue weighted by atomic mass is 35.5. The van der Waals surface area contributed by atoms with Crippen LogP contribution in [-0.4, -0.2) is 68.7 Å². The summed E-state index contributed by atoms with van der Waals surface area (Å²) in [5.41, 5.74) is 7.75. The molecule has 0 aromatic heterocycles. The number of nitrogens with one attached hydrogen (secondary N) is 2. The highest BCUT2D eigenvalue weighted by Crippen LogP contribution is 2.29. The lowest BCUT2D eigenvalue weighted by atomic mass is 9.84. The first-order valence-corrected chi connectivity index (χ1v) is 16.7. The van der Waals surface area contributed by atoms with Crippen molar-refractivity contribution in [2.75, 3.05) is 32.5 Å². The van der Waals surface area contributed by atoms with Crippen molar-refractivity contribution in [3.63, 3.8) is 0 Å². The van der Waals surface area contributed by atoms with E-state index in [1.165, 1.54) is 29.6 Å². The normalized spacial score (nSPS) is 13.1. The maximum absolute atomic E-state index is 13.6. The van der Waals surface area contributed by atoms with Gasteiger partial charge in [0.25, 0.3) is 0 Å². The summed E-state index contributed by atoms with van der Waals surface area (Å²) in [5, 5.41) is 16.0. The third-order valence-electron chi connectivity index (χ3n) is 7.40. The van der Waals surface area contributed by atoms with Gasteiger partial charge in [0.15, 0.2) is 0 Å². The fourth-order valence-electron chi connectivity index (χ4n) is 5.14. The molecule has 2 atom stereocenters. The number of alkyl carbamates (subject to hydrolysis) is 1. The Hall–Kier alpha value is -3.64. The quantitative estimate of drug-likeness (QED) is 0.128. The number of nitrogen functional groups attached to an aromatic ring is 1. The molecular weight excluding hydrogens is 616 g/mol. The van der Waals surface area contributed by atoms with Crippen LogP contribution in [0.15, 0.2) is 83.8 Å². The number of hydrogen-bond donors (Lipinski definition) is 4. The van der Waals surface area contributed by atoms with Crippen molar-refractivity contribution in [1.82, 2.24) is 14.9 Å². The first kappa shape index (κ1) is 35.8. The van der Waals surface area contributed by atoms with Crippen molar-refractivity contribution in [2.24, 2.45) is 5.92 Å². The maximum Gasteiger partial charge on any atom is 0.407 e. The molecule has 3 rings (SSSR count). The number of nitrogens with zero attached hydrogens (tertiary/aromatic N) is 1. The third kappa shape index (κ3) is 9.92. The lowest BCUT2D eigenvalue weighted by Gasteiger charge is -2.31. The molecule has 0 aliphatic carbocycles. The van der Waals surface area contributed by atoms with Crippen LogP contribution in [0.5, 0.6) is 0 Å². The van der Waals surface area contributed by atoms with Crippen molar-refractivity contribution >= 4 is 39.3 Å². The van der Waals surface area contributed by atoms with E-state index in [2.05, 4.69) is 10.6 Å². The standard InChI is InChI=1S/C33H43ClN4O6S/c1-23(2)21-38(45(42,43)27-17-18-29(35)28(34)20-27)26(22-39)16-10-11-19-36-32(40)31(37-33(41)44-3)30(24-12-6-4-7-13-24)25-14-8-5-9-15-25/h4-9,12-15,17-18,20,23,26,30-31,39H,10-11,16,19,21-22,35H2,1-3H3,(H,36,40)(H,37,41)/t26?,31-/m0/s1. The van der Waals surface area contributed by atoms with Gasteiger partial charge >= 0.3 is 6.09 Å². The maximum atomic E-state index is 13.6. The van der Waals surface area contributed by atoms with Gasteiger partial charge in [-0.2, -0.15) is 4.31 Å². The first-order valence-electron chi connectivity index (χ1n) is 14.9.